The van der Waals surface area contributed by atoms with Crippen LogP contribution >= 0.6 is 11.5 Å². The predicted molar refractivity (Wildman–Crippen MR) is 91.1 cm³/mol. The van der Waals surface area contributed by atoms with Crippen molar-refractivity contribution in [1.82, 2.24) is 9.69 Å². The minimum Gasteiger partial charge on any atom is -0.368 e. The number of benzene rings is 2. The molecule has 2 aromatic carbocycles. The molecule has 1 aliphatic heterocycles. The molecule has 0 aliphatic carbocycles. The van der Waals surface area contributed by atoms with E-state index in [0.29, 0.717) is 0 Å². The molecule has 1 aliphatic rings. The fourth-order valence-electron chi connectivity index (χ4n) is 2.63. The lowest BCUT2D eigenvalue weighted by Gasteiger charge is -2.04. The second-order valence-corrected chi connectivity index (χ2v) is 6.01. The van der Waals surface area contributed by atoms with Crippen molar-refractivity contribution in [3.8, 4) is 11.3 Å². The van der Waals surface area contributed by atoms with Crippen LogP contribution in [0.15, 0.2) is 47.5 Å². The summed E-state index contributed by atoms with van der Waals surface area (Å²) in [5.41, 5.74) is 2.84. The first kappa shape index (κ1) is 13.8. The molecule has 0 bridgehead atoms. The second-order valence-electron chi connectivity index (χ2n) is 5.20. The van der Waals surface area contributed by atoms with Gasteiger partial charge in [-0.15, -0.1) is 0 Å². The molecule has 1 N–H and O–H groups in total. The van der Waals surface area contributed by atoms with E-state index in [2.05, 4.69) is 14.7 Å². The maximum absolute atomic E-state index is 11.0. The Bertz CT molecular complexity index is 931. The van der Waals surface area contributed by atoms with E-state index in [1.54, 1.807) is 12.1 Å². The number of aromatic nitrogens is 1. The van der Waals surface area contributed by atoms with Gasteiger partial charge in [0.1, 0.15) is 5.84 Å². The number of non-ortho nitro benzene ring substituents is 1. The number of rotatable bonds is 3. The highest BCUT2D eigenvalue weighted by atomic mass is 32.1. The molecule has 1 aromatic heterocycles. The van der Waals surface area contributed by atoms with E-state index < -0.39 is 0 Å². The van der Waals surface area contributed by atoms with Crippen LogP contribution in [0.5, 0.6) is 0 Å². The molecule has 0 atom stereocenters. The molecule has 0 spiro atoms. The lowest BCUT2D eigenvalue weighted by atomic mass is 10.1. The number of hydrogen-bond acceptors (Lipinski definition) is 6. The summed E-state index contributed by atoms with van der Waals surface area (Å²) < 4.78 is 5.41. The lowest BCUT2D eigenvalue weighted by molar-refractivity contribution is -0.384. The zero-order valence-corrected chi connectivity index (χ0v) is 12.8. The average Bonchev–Trinajstić information content (AvgIpc) is 3.24. The minimum atomic E-state index is -0.381. The van der Waals surface area contributed by atoms with Crippen molar-refractivity contribution < 1.29 is 4.92 Å². The summed E-state index contributed by atoms with van der Waals surface area (Å²) in [6.45, 7) is 1.68. The van der Waals surface area contributed by atoms with Crippen molar-refractivity contribution in [3.63, 3.8) is 0 Å². The highest BCUT2D eigenvalue weighted by Gasteiger charge is 2.14. The van der Waals surface area contributed by atoms with Crippen molar-refractivity contribution in [1.29, 1.82) is 0 Å². The van der Waals surface area contributed by atoms with Gasteiger partial charge in [0.15, 0.2) is 0 Å². The molecular weight excluding hydrogens is 312 g/mol. The topological polar surface area (TPSA) is 80.4 Å². The summed E-state index contributed by atoms with van der Waals surface area (Å²) in [5.74, 6) is 0.912. The molecule has 0 fully saturated rings. The first-order chi connectivity index (χ1) is 11.2. The molecule has 0 amide bonds. The Morgan fingerprint density at radius 1 is 1.13 bits per heavy atom. The summed E-state index contributed by atoms with van der Waals surface area (Å²) in [7, 11) is 0. The van der Waals surface area contributed by atoms with Crippen molar-refractivity contribution in [3.05, 3.63) is 58.1 Å². The average molecular weight is 324 g/mol. The van der Waals surface area contributed by atoms with E-state index in [4.69, 9.17) is 0 Å². The van der Waals surface area contributed by atoms with E-state index in [9.17, 15) is 10.1 Å². The minimum absolute atomic E-state index is 0.0834. The molecular formula is C16H12N4O2S. The number of aliphatic imine (C=N–C) groups is 1. The van der Waals surface area contributed by atoms with E-state index in [-0.39, 0.29) is 10.6 Å². The monoisotopic (exact) mass is 324 g/mol. The van der Waals surface area contributed by atoms with Crippen molar-refractivity contribution in [2.75, 3.05) is 13.1 Å². The first-order valence-corrected chi connectivity index (χ1v) is 7.93. The Labute approximate surface area is 135 Å². The van der Waals surface area contributed by atoms with Crippen LogP contribution in [-0.4, -0.2) is 28.2 Å². The first-order valence-electron chi connectivity index (χ1n) is 7.15. The van der Waals surface area contributed by atoms with Crippen LogP contribution in [0.2, 0.25) is 0 Å². The Balaban J connectivity index is 1.76. The molecule has 3 aromatic rings. The van der Waals surface area contributed by atoms with Crippen LogP contribution in [-0.2, 0) is 0 Å². The van der Waals surface area contributed by atoms with Crippen LogP contribution in [0.4, 0.5) is 5.69 Å². The van der Waals surface area contributed by atoms with Crippen LogP contribution in [0.25, 0.3) is 21.3 Å². The van der Waals surface area contributed by atoms with E-state index in [0.717, 1.165) is 45.8 Å². The van der Waals surface area contributed by atoms with Gasteiger partial charge in [0.05, 0.1) is 21.9 Å². The predicted octanol–water partition coefficient (Wildman–Crippen LogP) is 3.22. The summed E-state index contributed by atoms with van der Waals surface area (Å²) in [6, 6.07) is 12.8. The molecule has 7 heteroatoms. The molecule has 2 heterocycles. The standard InChI is InChI=1S/C16H12N4O2S/c21-20(22)12-5-6-14-13(9-12)15(19-23-14)10-1-3-11(4-2-10)16-17-7-8-18-16/h1-6,9H,7-8H2,(H,17,18). The molecule has 0 unspecified atom stereocenters. The number of nitrogens with zero attached hydrogens (tertiary/aromatic N) is 3. The van der Waals surface area contributed by atoms with Gasteiger partial charge < -0.3 is 5.32 Å². The third kappa shape index (κ3) is 2.44. The second kappa shape index (κ2) is 5.44. The Morgan fingerprint density at radius 2 is 1.91 bits per heavy atom. The van der Waals surface area contributed by atoms with Crippen molar-refractivity contribution in [2.45, 2.75) is 0 Å². The normalized spacial score (nSPS) is 13.8. The fourth-order valence-corrected chi connectivity index (χ4v) is 3.40. The number of nitro benzene ring substituents is 1. The number of hydrogen-bond donors (Lipinski definition) is 1. The maximum Gasteiger partial charge on any atom is 0.270 e. The van der Waals surface area contributed by atoms with Crippen molar-refractivity contribution in [2.24, 2.45) is 4.99 Å². The Hall–Kier alpha value is -2.80. The number of amidine groups is 1. The highest BCUT2D eigenvalue weighted by Crippen LogP contribution is 2.33. The van der Waals surface area contributed by atoms with E-state index in [1.807, 2.05) is 24.3 Å². The van der Waals surface area contributed by atoms with Gasteiger partial charge in [-0.2, -0.15) is 4.37 Å². The molecule has 4 rings (SSSR count). The van der Waals surface area contributed by atoms with Crippen LogP contribution in [0.1, 0.15) is 5.56 Å². The van der Waals surface area contributed by atoms with Gasteiger partial charge in [0.25, 0.3) is 5.69 Å². The van der Waals surface area contributed by atoms with E-state index >= 15 is 0 Å². The molecule has 0 saturated heterocycles. The Morgan fingerprint density at radius 3 is 2.61 bits per heavy atom. The largest absolute Gasteiger partial charge is 0.368 e. The summed E-state index contributed by atoms with van der Waals surface area (Å²) in [6.07, 6.45) is 0. The van der Waals surface area contributed by atoms with Gasteiger partial charge in [-0.1, -0.05) is 24.3 Å². The number of nitro groups is 1. The molecule has 6 nitrogen and oxygen atoms in total. The van der Waals surface area contributed by atoms with Crippen LogP contribution in [0.3, 0.4) is 0 Å². The molecule has 0 radical (unpaired) electrons. The van der Waals surface area contributed by atoms with Gasteiger partial charge in [-0.25, -0.2) is 0 Å². The molecule has 114 valence electrons. The smallest absolute Gasteiger partial charge is 0.270 e. The zero-order chi connectivity index (χ0) is 15.8. The molecule has 23 heavy (non-hydrogen) atoms. The third-order valence-corrected chi connectivity index (χ3v) is 4.60. The van der Waals surface area contributed by atoms with Gasteiger partial charge in [0.2, 0.25) is 0 Å². The number of nitrogens with one attached hydrogen (secondary N) is 1. The van der Waals surface area contributed by atoms with Crippen LogP contribution in [0, 0.1) is 10.1 Å². The van der Waals surface area contributed by atoms with E-state index in [1.165, 1.54) is 17.6 Å². The van der Waals surface area contributed by atoms with Crippen LogP contribution < -0.4 is 5.32 Å². The fraction of sp³-hybridized carbons (Fsp3) is 0.125. The maximum atomic E-state index is 11.0. The molecule has 0 saturated carbocycles. The summed E-state index contributed by atoms with van der Waals surface area (Å²) in [4.78, 5) is 15.0. The quantitative estimate of drug-likeness (QED) is 0.592. The zero-order valence-electron chi connectivity index (χ0n) is 12.0. The Kier molecular flexibility index (Phi) is 3.27. The van der Waals surface area contributed by atoms with Gasteiger partial charge >= 0.3 is 0 Å². The lowest BCUT2D eigenvalue weighted by Crippen LogP contribution is -2.19. The summed E-state index contributed by atoms with van der Waals surface area (Å²) in [5, 5.41) is 15.0. The summed E-state index contributed by atoms with van der Waals surface area (Å²) >= 11 is 1.35. The van der Waals surface area contributed by atoms with Gasteiger partial charge in [0, 0.05) is 35.2 Å². The van der Waals surface area contributed by atoms with Crippen molar-refractivity contribution >= 4 is 33.1 Å². The number of fused-ring (bicyclic) bond motifs is 1. The third-order valence-electron chi connectivity index (χ3n) is 3.77. The highest BCUT2D eigenvalue weighted by molar-refractivity contribution is 7.13. The van der Waals surface area contributed by atoms with Gasteiger partial charge in [-0.3, -0.25) is 15.1 Å². The van der Waals surface area contributed by atoms with Gasteiger partial charge in [-0.05, 0) is 17.6 Å². The SMILES string of the molecule is O=[N+]([O-])c1ccc2snc(-c3ccc(C4=NCCN4)cc3)c2c1.